The number of carbonyl (C=O) groups excluding carboxylic acids is 1. The number of primary amides is 1. The molecule has 0 saturated carbocycles. The smallest absolute Gasteiger partial charge is 0.234 e. The normalized spacial score (nSPS) is 20.6. The van der Waals surface area contributed by atoms with E-state index in [1.807, 2.05) is 24.3 Å². The number of benzene rings is 1. The highest BCUT2D eigenvalue weighted by Crippen LogP contribution is 2.17. The standard InChI is InChI=1S/C13H19N3O/c14-11-5-3-10(4-6-11)7-9-16-8-1-2-12(16)13(15)17/h3-6,12H,1-2,7-9,14H2,(H2,15,17). The van der Waals surface area contributed by atoms with Crippen LogP contribution in [0.15, 0.2) is 24.3 Å². The van der Waals surface area contributed by atoms with Gasteiger partial charge in [0.2, 0.25) is 5.91 Å². The maximum Gasteiger partial charge on any atom is 0.234 e. The van der Waals surface area contributed by atoms with Crippen molar-refractivity contribution in [1.82, 2.24) is 4.90 Å². The second-order valence-corrected chi connectivity index (χ2v) is 4.59. The van der Waals surface area contributed by atoms with E-state index in [2.05, 4.69) is 4.90 Å². The molecule has 1 aromatic rings. The molecule has 0 bridgehead atoms. The number of amides is 1. The first kappa shape index (κ1) is 11.9. The summed E-state index contributed by atoms with van der Waals surface area (Å²) < 4.78 is 0. The Bertz CT molecular complexity index is 388. The van der Waals surface area contributed by atoms with E-state index in [1.54, 1.807) is 0 Å². The molecule has 1 unspecified atom stereocenters. The van der Waals surface area contributed by atoms with Gasteiger partial charge in [0.05, 0.1) is 6.04 Å². The van der Waals surface area contributed by atoms with Crippen LogP contribution < -0.4 is 11.5 Å². The van der Waals surface area contributed by atoms with E-state index < -0.39 is 0 Å². The molecule has 0 aliphatic carbocycles. The topological polar surface area (TPSA) is 72.4 Å². The summed E-state index contributed by atoms with van der Waals surface area (Å²) in [5.41, 5.74) is 13.0. The Morgan fingerprint density at radius 2 is 2.06 bits per heavy atom. The second kappa shape index (κ2) is 5.19. The van der Waals surface area contributed by atoms with Gasteiger partial charge in [0.15, 0.2) is 0 Å². The fourth-order valence-electron chi connectivity index (χ4n) is 2.37. The van der Waals surface area contributed by atoms with E-state index >= 15 is 0 Å². The van der Waals surface area contributed by atoms with Crippen LogP contribution in [0.3, 0.4) is 0 Å². The van der Waals surface area contributed by atoms with Crippen molar-refractivity contribution in [2.75, 3.05) is 18.8 Å². The number of anilines is 1. The summed E-state index contributed by atoms with van der Waals surface area (Å²) in [7, 11) is 0. The van der Waals surface area contributed by atoms with Crippen molar-refractivity contribution in [2.24, 2.45) is 5.73 Å². The maximum atomic E-state index is 11.2. The van der Waals surface area contributed by atoms with E-state index in [0.717, 1.165) is 38.0 Å². The van der Waals surface area contributed by atoms with E-state index in [9.17, 15) is 4.79 Å². The summed E-state index contributed by atoms with van der Waals surface area (Å²) in [6, 6.07) is 7.81. The molecular weight excluding hydrogens is 214 g/mol. The lowest BCUT2D eigenvalue weighted by Gasteiger charge is -2.21. The summed E-state index contributed by atoms with van der Waals surface area (Å²) in [5, 5.41) is 0. The zero-order valence-corrected chi connectivity index (χ0v) is 9.93. The molecule has 1 heterocycles. The van der Waals surface area contributed by atoms with Crippen molar-refractivity contribution < 1.29 is 4.79 Å². The van der Waals surface area contributed by atoms with Gasteiger partial charge in [0, 0.05) is 12.2 Å². The quantitative estimate of drug-likeness (QED) is 0.754. The minimum absolute atomic E-state index is 0.0659. The van der Waals surface area contributed by atoms with Gasteiger partial charge in [0.1, 0.15) is 0 Å². The SMILES string of the molecule is NC(=O)C1CCCN1CCc1ccc(N)cc1. The molecule has 1 saturated heterocycles. The van der Waals surface area contributed by atoms with Crippen LogP contribution in [0.1, 0.15) is 18.4 Å². The number of rotatable bonds is 4. The number of carbonyl (C=O) groups is 1. The fourth-order valence-corrected chi connectivity index (χ4v) is 2.37. The lowest BCUT2D eigenvalue weighted by Crippen LogP contribution is -2.41. The van der Waals surface area contributed by atoms with Crippen LogP contribution in [0.4, 0.5) is 5.69 Å². The number of hydrogen-bond acceptors (Lipinski definition) is 3. The molecule has 17 heavy (non-hydrogen) atoms. The van der Waals surface area contributed by atoms with Crippen molar-refractivity contribution in [1.29, 1.82) is 0 Å². The minimum Gasteiger partial charge on any atom is -0.399 e. The van der Waals surface area contributed by atoms with Crippen molar-refractivity contribution >= 4 is 11.6 Å². The van der Waals surface area contributed by atoms with Gasteiger partial charge in [-0.15, -0.1) is 0 Å². The molecule has 0 spiro atoms. The van der Waals surface area contributed by atoms with Crippen molar-refractivity contribution in [2.45, 2.75) is 25.3 Å². The van der Waals surface area contributed by atoms with Gasteiger partial charge in [-0.3, -0.25) is 9.69 Å². The molecular formula is C13H19N3O. The highest BCUT2D eigenvalue weighted by atomic mass is 16.1. The molecule has 1 atom stereocenters. The van der Waals surface area contributed by atoms with Crippen molar-refractivity contribution in [3.05, 3.63) is 29.8 Å². The molecule has 4 nitrogen and oxygen atoms in total. The molecule has 0 radical (unpaired) electrons. The Hall–Kier alpha value is -1.55. The highest BCUT2D eigenvalue weighted by molar-refractivity contribution is 5.80. The molecule has 1 aliphatic heterocycles. The zero-order valence-electron chi connectivity index (χ0n) is 9.93. The summed E-state index contributed by atoms with van der Waals surface area (Å²) >= 11 is 0. The van der Waals surface area contributed by atoms with Gasteiger partial charge >= 0.3 is 0 Å². The van der Waals surface area contributed by atoms with E-state index in [0.29, 0.717) is 0 Å². The van der Waals surface area contributed by atoms with Crippen molar-refractivity contribution in [3.8, 4) is 0 Å². The van der Waals surface area contributed by atoms with Crippen LogP contribution in [0.2, 0.25) is 0 Å². The molecule has 2 rings (SSSR count). The third-order valence-electron chi connectivity index (χ3n) is 3.36. The Morgan fingerprint density at radius 3 is 2.71 bits per heavy atom. The Kier molecular flexibility index (Phi) is 3.64. The maximum absolute atomic E-state index is 11.2. The van der Waals surface area contributed by atoms with Crippen LogP contribution in [0, 0.1) is 0 Å². The average Bonchev–Trinajstić information content (AvgIpc) is 2.76. The van der Waals surface area contributed by atoms with Gasteiger partial charge < -0.3 is 11.5 Å². The number of likely N-dealkylation sites (tertiary alicyclic amines) is 1. The van der Waals surface area contributed by atoms with Gasteiger partial charge in [0.25, 0.3) is 0 Å². The summed E-state index contributed by atoms with van der Waals surface area (Å²) in [4.78, 5) is 13.4. The third-order valence-corrected chi connectivity index (χ3v) is 3.36. The second-order valence-electron chi connectivity index (χ2n) is 4.59. The summed E-state index contributed by atoms with van der Waals surface area (Å²) in [5.74, 6) is -0.195. The number of nitrogen functional groups attached to an aromatic ring is 1. The lowest BCUT2D eigenvalue weighted by atomic mass is 10.1. The molecule has 4 N–H and O–H groups in total. The average molecular weight is 233 g/mol. The Morgan fingerprint density at radius 1 is 1.35 bits per heavy atom. The van der Waals surface area contributed by atoms with Crippen LogP contribution in [0.25, 0.3) is 0 Å². The van der Waals surface area contributed by atoms with Crippen LogP contribution >= 0.6 is 0 Å². The minimum atomic E-state index is -0.195. The van der Waals surface area contributed by atoms with E-state index in [1.165, 1.54) is 5.56 Å². The number of nitrogens with two attached hydrogens (primary N) is 2. The predicted molar refractivity (Wildman–Crippen MR) is 68.3 cm³/mol. The molecule has 1 amide bonds. The summed E-state index contributed by atoms with van der Waals surface area (Å²) in [6.45, 7) is 1.86. The van der Waals surface area contributed by atoms with Gasteiger partial charge in [-0.05, 0) is 43.5 Å². The summed E-state index contributed by atoms with van der Waals surface area (Å²) in [6.07, 6.45) is 2.90. The van der Waals surface area contributed by atoms with Crippen LogP contribution in [-0.4, -0.2) is 29.9 Å². The van der Waals surface area contributed by atoms with Crippen LogP contribution in [0.5, 0.6) is 0 Å². The van der Waals surface area contributed by atoms with E-state index in [-0.39, 0.29) is 11.9 Å². The third kappa shape index (κ3) is 2.97. The lowest BCUT2D eigenvalue weighted by molar-refractivity contribution is -0.122. The molecule has 1 aliphatic rings. The molecule has 0 aromatic heterocycles. The first-order valence-electron chi connectivity index (χ1n) is 6.04. The largest absolute Gasteiger partial charge is 0.399 e. The molecule has 92 valence electrons. The van der Waals surface area contributed by atoms with Crippen LogP contribution in [-0.2, 0) is 11.2 Å². The van der Waals surface area contributed by atoms with Gasteiger partial charge in [-0.2, -0.15) is 0 Å². The van der Waals surface area contributed by atoms with Gasteiger partial charge in [-0.25, -0.2) is 0 Å². The molecule has 1 fully saturated rings. The number of hydrogen-bond donors (Lipinski definition) is 2. The fraction of sp³-hybridized carbons (Fsp3) is 0.462. The number of nitrogens with zero attached hydrogens (tertiary/aromatic N) is 1. The first-order chi connectivity index (χ1) is 8.16. The zero-order chi connectivity index (χ0) is 12.3. The highest BCUT2D eigenvalue weighted by Gasteiger charge is 2.28. The molecule has 1 aromatic carbocycles. The first-order valence-corrected chi connectivity index (χ1v) is 6.04. The predicted octanol–water partition coefficient (Wildman–Crippen LogP) is 0.761. The van der Waals surface area contributed by atoms with E-state index in [4.69, 9.17) is 11.5 Å². The Balaban J connectivity index is 1.89. The van der Waals surface area contributed by atoms with Gasteiger partial charge in [-0.1, -0.05) is 12.1 Å². The molecule has 4 heteroatoms. The van der Waals surface area contributed by atoms with Crippen molar-refractivity contribution in [3.63, 3.8) is 0 Å². The Labute approximate surface area is 102 Å². The monoisotopic (exact) mass is 233 g/mol.